The minimum absolute atomic E-state index is 0.281. The first-order valence-electron chi connectivity index (χ1n) is 8.18. The Morgan fingerprint density at radius 3 is 2.62 bits per heavy atom. The van der Waals surface area contributed by atoms with Gasteiger partial charge >= 0.3 is 0 Å². The summed E-state index contributed by atoms with van der Waals surface area (Å²) < 4.78 is 1.22. The molecular weight excluding hydrogens is 324 g/mol. The van der Waals surface area contributed by atoms with Crippen LogP contribution < -0.4 is 10.2 Å². The molecule has 0 aromatic heterocycles. The highest BCUT2D eigenvalue weighted by atomic mass is 79.9. The van der Waals surface area contributed by atoms with Gasteiger partial charge in [0.2, 0.25) is 0 Å². The summed E-state index contributed by atoms with van der Waals surface area (Å²) in [4.78, 5) is 2.64. The predicted molar refractivity (Wildman–Crippen MR) is 94.0 cm³/mol. The Bertz CT molecular complexity index is 524. The van der Waals surface area contributed by atoms with Gasteiger partial charge in [-0.3, -0.25) is 0 Å². The molecular formula is C18H27BrN2. The minimum Gasteiger partial charge on any atom is -0.365 e. The first-order chi connectivity index (χ1) is 9.90. The van der Waals surface area contributed by atoms with E-state index in [-0.39, 0.29) is 5.54 Å². The van der Waals surface area contributed by atoms with Gasteiger partial charge in [0, 0.05) is 34.8 Å². The second-order valence-corrected chi connectivity index (χ2v) is 8.30. The van der Waals surface area contributed by atoms with E-state index >= 15 is 0 Å². The molecule has 1 aromatic rings. The summed E-state index contributed by atoms with van der Waals surface area (Å²) in [6.07, 6.45) is 2.78. The maximum atomic E-state index is 3.86. The van der Waals surface area contributed by atoms with Crippen molar-refractivity contribution in [3.05, 3.63) is 28.2 Å². The van der Waals surface area contributed by atoms with E-state index in [0.717, 1.165) is 19.0 Å². The Kier molecular flexibility index (Phi) is 4.08. The standard InChI is InChI=1S/C18H27BrN2/c1-12(2)17-10-20-18(4,14-6-7-14)11-21(17)15-8-5-13(3)16(19)9-15/h5,8-9,12,14,17,20H,6-7,10-11H2,1-4H3. The van der Waals surface area contributed by atoms with Crippen molar-refractivity contribution in [3.63, 3.8) is 0 Å². The van der Waals surface area contributed by atoms with Gasteiger partial charge < -0.3 is 10.2 Å². The van der Waals surface area contributed by atoms with Gasteiger partial charge in [-0.2, -0.15) is 0 Å². The van der Waals surface area contributed by atoms with Crippen LogP contribution in [0.15, 0.2) is 22.7 Å². The van der Waals surface area contributed by atoms with Gasteiger partial charge in [0.25, 0.3) is 0 Å². The van der Waals surface area contributed by atoms with Crippen LogP contribution in [0, 0.1) is 18.8 Å². The molecule has 1 heterocycles. The molecule has 0 spiro atoms. The third kappa shape index (κ3) is 3.00. The average Bonchev–Trinajstić information content (AvgIpc) is 3.26. The number of aryl methyl sites for hydroxylation is 1. The second-order valence-electron chi connectivity index (χ2n) is 7.45. The summed E-state index contributed by atoms with van der Waals surface area (Å²) in [6, 6.07) is 7.39. The monoisotopic (exact) mass is 350 g/mol. The van der Waals surface area contributed by atoms with Crippen LogP contribution in [0.4, 0.5) is 5.69 Å². The molecule has 2 unspecified atom stereocenters. The Balaban J connectivity index is 1.91. The third-order valence-electron chi connectivity index (χ3n) is 5.35. The molecule has 1 N–H and O–H groups in total. The predicted octanol–water partition coefficient (Wildman–Crippen LogP) is 4.36. The van der Waals surface area contributed by atoms with Gasteiger partial charge in [-0.1, -0.05) is 35.8 Å². The van der Waals surface area contributed by atoms with Crippen LogP contribution in [0.25, 0.3) is 0 Å². The summed E-state index contributed by atoms with van der Waals surface area (Å²) >= 11 is 3.70. The first kappa shape index (κ1) is 15.4. The van der Waals surface area contributed by atoms with Gasteiger partial charge in [0.05, 0.1) is 0 Å². The Morgan fingerprint density at radius 2 is 2.05 bits per heavy atom. The molecule has 116 valence electrons. The van der Waals surface area contributed by atoms with Crippen molar-refractivity contribution in [2.24, 2.45) is 11.8 Å². The summed E-state index contributed by atoms with van der Waals surface area (Å²) in [5.41, 5.74) is 2.95. The number of anilines is 1. The summed E-state index contributed by atoms with van der Waals surface area (Å²) in [5, 5.41) is 3.86. The Morgan fingerprint density at radius 1 is 1.33 bits per heavy atom. The molecule has 2 nitrogen and oxygen atoms in total. The zero-order valence-corrected chi connectivity index (χ0v) is 15.2. The molecule has 0 amide bonds. The molecule has 1 aliphatic carbocycles. The Hall–Kier alpha value is -0.540. The van der Waals surface area contributed by atoms with Crippen molar-refractivity contribution in [2.45, 2.75) is 52.1 Å². The molecule has 1 aliphatic heterocycles. The third-order valence-corrected chi connectivity index (χ3v) is 6.20. The quantitative estimate of drug-likeness (QED) is 0.870. The Labute approximate surface area is 137 Å². The fourth-order valence-corrected chi connectivity index (χ4v) is 3.97. The molecule has 0 radical (unpaired) electrons. The topological polar surface area (TPSA) is 15.3 Å². The largest absolute Gasteiger partial charge is 0.365 e. The van der Waals surface area contributed by atoms with E-state index in [1.165, 1.54) is 28.6 Å². The van der Waals surface area contributed by atoms with E-state index in [4.69, 9.17) is 0 Å². The SMILES string of the molecule is Cc1ccc(N2CC(C)(C3CC3)NCC2C(C)C)cc1Br. The number of nitrogens with zero attached hydrogens (tertiary/aromatic N) is 1. The maximum Gasteiger partial charge on any atom is 0.0438 e. The van der Waals surface area contributed by atoms with Crippen LogP contribution >= 0.6 is 15.9 Å². The van der Waals surface area contributed by atoms with E-state index in [1.54, 1.807) is 0 Å². The number of nitrogens with one attached hydrogen (secondary N) is 1. The van der Waals surface area contributed by atoms with Crippen molar-refractivity contribution in [1.29, 1.82) is 0 Å². The van der Waals surface area contributed by atoms with Crippen LogP contribution in [0.2, 0.25) is 0 Å². The van der Waals surface area contributed by atoms with E-state index < -0.39 is 0 Å². The van der Waals surface area contributed by atoms with E-state index in [9.17, 15) is 0 Å². The smallest absolute Gasteiger partial charge is 0.0438 e. The number of piperazine rings is 1. The molecule has 2 fully saturated rings. The van der Waals surface area contributed by atoms with Gasteiger partial charge in [0.1, 0.15) is 0 Å². The minimum atomic E-state index is 0.281. The second kappa shape index (κ2) is 5.58. The van der Waals surface area contributed by atoms with Gasteiger partial charge in [-0.05, 0) is 56.2 Å². The lowest BCUT2D eigenvalue weighted by molar-refractivity contribution is 0.233. The summed E-state index contributed by atoms with van der Waals surface area (Å²) in [6.45, 7) is 11.5. The zero-order valence-electron chi connectivity index (χ0n) is 13.6. The number of hydrogen-bond donors (Lipinski definition) is 1. The molecule has 2 aliphatic rings. The highest BCUT2D eigenvalue weighted by Crippen LogP contribution is 2.43. The lowest BCUT2D eigenvalue weighted by atomic mass is 9.87. The maximum absolute atomic E-state index is 3.86. The van der Waals surface area contributed by atoms with Crippen LogP contribution in [0.3, 0.4) is 0 Å². The summed E-state index contributed by atoms with van der Waals surface area (Å²) in [5.74, 6) is 1.52. The van der Waals surface area contributed by atoms with E-state index in [1.807, 2.05) is 0 Å². The molecule has 3 rings (SSSR count). The molecule has 0 bridgehead atoms. The highest BCUT2D eigenvalue weighted by Gasteiger charge is 2.46. The van der Waals surface area contributed by atoms with E-state index in [0.29, 0.717) is 12.0 Å². The highest BCUT2D eigenvalue weighted by molar-refractivity contribution is 9.10. The first-order valence-corrected chi connectivity index (χ1v) is 8.98. The number of rotatable bonds is 3. The van der Waals surface area contributed by atoms with Gasteiger partial charge in [-0.15, -0.1) is 0 Å². The number of benzene rings is 1. The van der Waals surface area contributed by atoms with Crippen LogP contribution in [-0.2, 0) is 0 Å². The van der Waals surface area contributed by atoms with Crippen molar-refractivity contribution in [2.75, 3.05) is 18.0 Å². The van der Waals surface area contributed by atoms with Crippen molar-refractivity contribution >= 4 is 21.6 Å². The van der Waals surface area contributed by atoms with Crippen LogP contribution in [-0.4, -0.2) is 24.7 Å². The lowest BCUT2D eigenvalue weighted by Crippen LogP contribution is -2.65. The number of halogens is 1. The molecule has 3 heteroatoms. The molecule has 1 aromatic carbocycles. The van der Waals surface area contributed by atoms with Gasteiger partial charge in [-0.25, -0.2) is 0 Å². The van der Waals surface area contributed by atoms with E-state index in [2.05, 4.69) is 72.0 Å². The molecule has 2 atom stereocenters. The van der Waals surface area contributed by atoms with Crippen molar-refractivity contribution in [3.8, 4) is 0 Å². The summed E-state index contributed by atoms with van der Waals surface area (Å²) in [7, 11) is 0. The molecule has 1 saturated carbocycles. The fraction of sp³-hybridized carbons (Fsp3) is 0.667. The zero-order chi connectivity index (χ0) is 15.2. The van der Waals surface area contributed by atoms with Crippen molar-refractivity contribution < 1.29 is 0 Å². The van der Waals surface area contributed by atoms with Crippen molar-refractivity contribution in [1.82, 2.24) is 5.32 Å². The van der Waals surface area contributed by atoms with Crippen LogP contribution in [0.1, 0.15) is 39.2 Å². The fourth-order valence-electron chi connectivity index (χ4n) is 3.61. The normalized spacial score (nSPS) is 30.0. The van der Waals surface area contributed by atoms with Crippen LogP contribution in [0.5, 0.6) is 0 Å². The molecule has 1 saturated heterocycles. The average molecular weight is 351 g/mol. The lowest BCUT2D eigenvalue weighted by Gasteiger charge is -2.49. The number of hydrogen-bond acceptors (Lipinski definition) is 2. The molecule has 21 heavy (non-hydrogen) atoms. The van der Waals surface area contributed by atoms with Gasteiger partial charge in [0.15, 0.2) is 0 Å².